The number of aromatic nitrogens is 2. The van der Waals surface area contributed by atoms with Gasteiger partial charge in [-0.3, -0.25) is 9.88 Å². The second kappa shape index (κ2) is 11.2. The molecule has 0 saturated carbocycles. The third-order valence-corrected chi connectivity index (χ3v) is 8.53. The largest absolute Gasteiger partial charge is 0.369 e. The lowest BCUT2D eigenvalue weighted by Gasteiger charge is -2.46. The lowest BCUT2D eigenvalue weighted by atomic mass is 9.93. The topological polar surface area (TPSA) is 82.8 Å². The van der Waals surface area contributed by atoms with Gasteiger partial charge in [0.15, 0.2) is 0 Å². The number of nitrogens with zero attached hydrogens (tertiary/aromatic N) is 8. The molecule has 0 bridgehead atoms. The molecule has 3 aliphatic heterocycles. The third kappa shape index (κ3) is 5.17. The number of carbonyl (C=O) groups is 1. The molecule has 3 aromatic rings. The highest BCUT2D eigenvalue weighted by Gasteiger charge is 2.35. The predicted octanol–water partition coefficient (Wildman–Crippen LogP) is 2.22. The molecule has 6 rings (SSSR count). The maximum absolute atomic E-state index is 10.7. The van der Waals surface area contributed by atoms with E-state index in [1.807, 2.05) is 18.3 Å². The highest BCUT2D eigenvalue weighted by atomic mass is 16.1. The molecule has 1 aromatic carbocycles. The van der Waals surface area contributed by atoms with Crippen molar-refractivity contribution >= 4 is 41.7 Å². The zero-order valence-electron chi connectivity index (χ0n) is 22.5. The molecule has 199 valence electrons. The number of rotatable bonds is 5. The van der Waals surface area contributed by atoms with E-state index in [1.165, 1.54) is 11.4 Å². The van der Waals surface area contributed by atoms with Gasteiger partial charge in [-0.1, -0.05) is 0 Å². The van der Waals surface area contributed by atoms with E-state index in [4.69, 9.17) is 4.98 Å². The lowest BCUT2D eigenvalue weighted by Crippen LogP contribution is -2.58. The smallest absolute Gasteiger partial charge is 0.293 e. The Hall–Kier alpha value is -3.68. The van der Waals surface area contributed by atoms with Crippen molar-refractivity contribution in [3.8, 4) is 6.07 Å². The van der Waals surface area contributed by atoms with Gasteiger partial charge in [0.05, 0.1) is 29.1 Å². The van der Waals surface area contributed by atoms with E-state index in [1.54, 1.807) is 13.6 Å². The van der Waals surface area contributed by atoms with E-state index in [-0.39, 0.29) is 0 Å². The van der Waals surface area contributed by atoms with Gasteiger partial charge >= 0.3 is 0 Å². The fraction of sp³-hybridized carbons (Fsp3) is 0.448. The van der Waals surface area contributed by atoms with E-state index in [0.717, 1.165) is 88.2 Å². The van der Waals surface area contributed by atoms with E-state index in [9.17, 15) is 10.1 Å². The summed E-state index contributed by atoms with van der Waals surface area (Å²) in [4.78, 5) is 32.1. The molecule has 5 heterocycles. The van der Waals surface area contributed by atoms with Gasteiger partial charge in [-0.15, -0.1) is 0 Å². The number of piperazine rings is 2. The Kier molecular flexibility index (Phi) is 7.35. The van der Waals surface area contributed by atoms with Crippen LogP contribution < -0.4 is 14.7 Å². The summed E-state index contributed by atoms with van der Waals surface area (Å²) in [5, 5.41) is 10.6. The molecule has 0 amide bonds. The second-order valence-corrected chi connectivity index (χ2v) is 10.7. The van der Waals surface area contributed by atoms with Crippen molar-refractivity contribution in [2.45, 2.75) is 25.4 Å². The first-order valence-corrected chi connectivity index (χ1v) is 13.9. The standard InChI is InChI=1S/C29H34BN8O/c1-22-19-36(27-6-4-23(17-31)29-26(27)3-2-9-32-29)20-25-8-10-34(13-16-38(22)25)24-5-7-28(33-18-24)35-11-14-37(15-12-35)30-21-39/h2-7,9,18,21-22,25H,8,10-16,19-20H2,1H3/t22-,25+/m1/s1. The zero-order chi connectivity index (χ0) is 26.8. The Bertz CT molecular complexity index is 1350. The van der Waals surface area contributed by atoms with Gasteiger partial charge in [0.25, 0.3) is 7.41 Å². The normalized spacial score (nSPS) is 22.7. The summed E-state index contributed by atoms with van der Waals surface area (Å²) >= 11 is 0. The van der Waals surface area contributed by atoms with E-state index >= 15 is 0 Å². The van der Waals surface area contributed by atoms with Crippen LogP contribution in [0.5, 0.6) is 0 Å². The molecular formula is C29H34BN8O. The summed E-state index contributed by atoms with van der Waals surface area (Å²) in [5.41, 5.74) is 3.77. The Balaban J connectivity index is 1.13. The van der Waals surface area contributed by atoms with Gasteiger partial charge in [-0.05, 0) is 49.7 Å². The van der Waals surface area contributed by atoms with Gasteiger partial charge in [0.1, 0.15) is 11.9 Å². The summed E-state index contributed by atoms with van der Waals surface area (Å²) < 4.78 is 0. The highest BCUT2D eigenvalue weighted by Crippen LogP contribution is 2.32. The van der Waals surface area contributed by atoms with Crippen LogP contribution in [-0.4, -0.2) is 104 Å². The maximum atomic E-state index is 10.7. The van der Waals surface area contributed by atoms with Crippen LogP contribution in [0.4, 0.5) is 17.2 Å². The number of hydrogen-bond acceptors (Lipinski definition) is 9. The van der Waals surface area contributed by atoms with Gasteiger partial charge in [-0.2, -0.15) is 5.26 Å². The summed E-state index contributed by atoms with van der Waals surface area (Å²) in [6, 6.07) is 15.6. The fourth-order valence-electron chi connectivity index (χ4n) is 6.45. The molecule has 1 radical (unpaired) electrons. The number of carbonyl (C=O) groups excluding carboxylic acids is 1. The van der Waals surface area contributed by atoms with Crippen molar-refractivity contribution in [1.29, 1.82) is 5.26 Å². The van der Waals surface area contributed by atoms with Crippen LogP contribution >= 0.6 is 0 Å². The van der Waals surface area contributed by atoms with Gasteiger partial charge in [0.2, 0.25) is 0 Å². The molecule has 0 aliphatic carbocycles. The average molecular weight is 521 g/mol. The minimum absolute atomic E-state index is 0.432. The Morgan fingerprint density at radius 3 is 2.56 bits per heavy atom. The van der Waals surface area contributed by atoms with Crippen LogP contribution in [-0.2, 0) is 4.79 Å². The Morgan fingerprint density at radius 2 is 1.79 bits per heavy atom. The summed E-state index contributed by atoms with van der Waals surface area (Å²) in [7, 11) is 1.63. The summed E-state index contributed by atoms with van der Waals surface area (Å²) in [6.07, 6.45) is 5.74. The minimum Gasteiger partial charge on any atom is -0.369 e. The molecule has 2 aromatic heterocycles. The third-order valence-electron chi connectivity index (χ3n) is 8.53. The first-order chi connectivity index (χ1) is 19.1. The van der Waals surface area contributed by atoms with E-state index < -0.39 is 0 Å². The van der Waals surface area contributed by atoms with Crippen LogP contribution in [0, 0.1) is 11.3 Å². The summed E-state index contributed by atoms with van der Waals surface area (Å²) in [6.45, 7) is 10.7. The number of nitriles is 1. The van der Waals surface area contributed by atoms with Gasteiger partial charge < -0.3 is 24.3 Å². The molecule has 3 fully saturated rings. The SMILES string of the molecule is C[C@@H]1CN(c2ccc(C#N)c3ncccc23)C[C@@H]2CCN(c3ccc(N4CCN([B]C=O)CC4)nc3)CCN21. The maximum Gasteiger partial charge on any atom is 0.293 e. The monoisotopic (exact) mass is 521 g/mol. The van der Waals surface area contributed by atoms with Crippen LogP contribution in [0.15, 0.2) is 48.8 Å². The first-order valence-electron chi connectivity index (χ1n) is 13.9. The molecule has 0 spiro atoms. The van der Waals surface area contributed by atoms with Crippen molar-refractivity contribution in [2.24, 2.45) is 0 Å². The summed E-state index contributed by atoms with van der Waals surface area (Å²) in [5.74, 6) is 1.00. The number of fused-ring (bicyclic) bond motifs is 2. The number of hydrogen-bond donors (Lipinski definition) is 0. The Labute approximate surface area is 230 Å². The van der Waals surface area contributed by atoms with Crippen molar-refractivity contribution in [3.63, 3.8) is 0 Å². The first kappa shape index (κ1) is 25.6. The Morgan fingerprint density at radius 1 is 0.949 bits per heavy atom. The van der Waals surface area contributed by atoms with E-state index in [0.29, 0.717) is 17.6 Å². The number of anilines is 3. The second-order valence-electron chi connectivity index (χ2n) is 10.7. The molecule has 0 unspecified atom stereocenters. The van der Waals surface area contributed by atoms with Crippen molar-refractivity contribution in [3.05, 3.63) is 54.4 Å². The number of pyridine rings is 2. The van der Waals surface area contributed by atoms with Crippen molar-refractivity contribution < 1.29 is 4.79 Å². The molecule has 10 heteroatoms. The molecule has 9 nitrogen and oxygen atoms in total. The van der Waals surface area contributed by atoms with Crippen molar-refractivity contribution in [2.75, 3.05) is 73.6 Å². The molecule has 39 heavy (non-hydrogen) atoms. The highest BCUT2D eigenvalue weighted by molar-refractivity contribution is 6.64. The van der Waals surface area contributed by atoms with Crippen molar-refractivity contribution in [1.82, 2.24) is 19.7 Å². The number of benzene rings is 1. The fourth-order valence-corrected chi connectivity index (χ4v) is 6.45. The molecular weight excluding hydrogens is 487 g/mol. The van der Waals surface area contributed by atoms with Gasteiger partial charge in [-0.25, -0.2) is 4.98 Å². The predicted molar refractivity (Wildman–Crippen MR) is 156 cm³/mol. The molecule has 3 saturated heterocycles. The minimum atomic E-state index is 0.432. The molecule has 2 atom stereocenters. The van der Waals surface area contributed by atoms with Crippen LogP contribution in [0.3, 0.4) is 0 Å². The average Bonchev–Trinajstić information content (AvgIpc) is 3.20. The van der Waals surface area contributed by atoms with Crippen LogP contribution in [0.1, 0.15) is 18.9 Å². The van der Waals surface area contributed by atoms with Crippen LogP contribution in [0.25, 0.3) is 10.9 Å². The van der Waals surface area contributed by atoms with E-state index in [2.05, 4.69) is 66.7 Å². The quantitative estimate of drug-likeness (QED) is 0.371. The van der Waals surface area contributed by atoms with Crippen LogP contribution in [0.2, 0.25) is 0 Å². The zero-order valence-corrected chi connectivity index (χ0v) is 22.5. The molecule has 0 N–H and O–H groups in total. The lowest BCUT2D eigenvalue weighted by molar-refractivity contribution is 0.130. The molecule has 3 aliphatic rings. The van der Waals surface area contributed by atoms with Gasteiger partial charge in [0, 0.05) is 88.3 Å².